The average molecular weight is 313 g/mol. The Morgan fingerprint density at radius 2 is 1.76 bits per heavy atom. The van der Waals surface area contributed by atoms with Crippen LogP contribution in [0.1, 0.15) is 30.6 Å². The van der Waals surface area contributed by atoms with Crippen LogP contribution in [0.25, 0.3) is 0 Å². The van der Waals surface area contributed by atoms with E-state index in [0.717, 1.165) is 0 Å². The SMILES string of the molecule is CCN(CC)C(=O)c1ccc(S(=O)(=O)NCCCN)cc1. The summed E-state index contributed by atoms with van der Waals surface area (Å²) in [4.78, 5) is 14.0. The van der Waals surface area contributed by atoms with Crippen molar-refractivity contribution in [3.8, 4) is 0 Å². The fourth-order valence-corrected chi connectivity index (χ4v) is 2.94. The number of carbonyl (C=O) groups is 1. The van der Waals surface area contributed by atoms with Crippen LogP contribution in [-0.4, -0.2) is 45.4 Å². The molecule has 0 fully saturated rings. The van der Waals surface area contributed by atoms with E-state index in [9.17, 15) is 13.2 Å². The second-order valence-corrected chi connectivity index (χ2v) is 6.31. The zero-order chi connectivity index (χ0) is 15.9. The van der Waals surface area contributed by atoms with Crippen molar-refractivity contribution in [1.29, 1.82) is 0 Å². The van der Waals surface area contributed by atoms with Gasteiger partial charge in [0.2, 0.25) is 10.0 Å². The van der Waals surface area contributed by atoms with E-state index in [1.54, 1.807) is 4.90 Å². The third-order valence-corrected chi connectivity index (χ3v) is 4.61. The largest absolute Gasteiger partial charge is 0.339 e. The van der Waals surface area contributed by atoms with Crippen LogP contribution in [0.3, 0.4) is 0 Å². The van der Waals surface area contributed by atoms with Crippen LogP contribution < -0.4 is 10.5 Å². The zero-order valence-electron chi connectivity index (χ0n) is 12.5. The molecule has 21 heavy (non-hydrogen) atoms. The maximum Gasteiger partial charge on any atom is 0.253 e. The lowest BCUT2D eigenvalue weighted by molar-refractivity contribution is 0.0773. The van der Waals surface area contributed by atoms with Crippen molar-refractivity contribution >= 4 is 15.9 Å². The summed E-state index contributed by atoms with van der Waals surface area (Å²) in [7, 11) is -3.54. The number of carbonyl (C=O) groups excluding carboxylic acids is 1. The number of benzene rings is 1. The lowest BCUT2D eigenvalue weighted by atomic mass is 10.2. The normalized spacial score (nSPS) is 11.4. The molecule has 0 unspecified atom stereocenters. The fraction of sp³-hybridized carbons (Fsp3) is 0.500. The summed E-state index contributed by atoms with van der Waals surface area (Å²) in [6, 6.07) is 5.97. The molecule has 0 bridgehead atoms. The first-order chi connectivity index (χ1) is 9.96. The van der Waals surface area contributed by atoms with Crippen molar-refractivity contribution in [3.63, 3.8) is 0 Å². The number of nitrogens with two attached hydrogens (primary N) is 1. The van der Waals surface area contributed by atoms with Crippen LogP contribution in [0.15, 0.2) is 29.2 Å². The smallest absolute Gasteiger partial charge is 0.253 e. The van der Waals surface area contributed by atoms with Gasteiger partial charge in [0.05, 0.1) is 4.90 Å². The molecule has 0 aliphatic carbocycles. The third kappa shape index (κ3) is 4.80. The minimum Gasteiger partial charge on any atom is -0.339 e. The van der Waals surface area contributed by atoms with Crippen molar-refractivity contribution in [2.24, 2.45) is 5.73 Å². The predicted octanol–water partition coefficient (Wildman–Crippen LogP) is 0.796. The Morgan fingerprint density at radius 1 is 1.19 bits per heavy atom. The topological polar surface area (TPSA) is 92.5 Å². The Morgan fingerprint density at radius 3 is 2.24 bits per heavy atom. The van der Waals surface area contributed by atoms with Crippen molar-refractivity contribution in [2.45, 2.75) is 25.2 Å². The van der Waals surface area contributed by atoms with Gasteiger partial charge in [-0.2, -0.15) is 0 Å². The summed E-state index contributed by atoms with van der Waals surface area (Å²) in [5.74, 6) is -0.0972. The zero-order valence-corrected chi connectivity index (χ0v) is 13.3. The molecule has 0 saturated heterocycles. The van der Waals surface area contributed by atoms with Gasteiger partial charge in [-0.3, -0.25) is 4.79 Å². The van der Waals surface area contributed by atoms with Gasteiger partial charge in [0, 0.05) is 25.2 Å². The molecule has 0 aromatic heterocycles. The van der Waals surface area contributed by atoms with E-state index in [1.807, 2.05) is 13.8 Å². The van der Waals surface area contributed by atoms with Crippen LogP contribution in [0.4, 0.5) is 0 Å². The van der Waals surface area contributed by atoms with E-state index < -0.39 is 10.0 Å². The van der Waals surface area contributed by atoms with Gasteiger partial charge in [-0.05, 0) is 51.1 Å². The highest BCUT2D eigenvalue weighted by molar-refractivity contribution is 7.89. The summed E-state index contributed by atoms with van der Waals surface area (Å²) in [6.45, 7) is 5.79. The van der Waals surface area contributed by atoms with Gasteiger partial charge in [0.25, 0.3) is 5.91 Å². The van der Waals surface area contributed by atoms with Gasteiger partial charge < -0.3 is 10.6 Å². The first-order valence-electron chi connectivity index (χ1n) is 7.05. The summed E-state index contributed by atoms with van der Waals surface area (Å²) in [5, 5.41) is 0. The first kappa shape index (κ1) is 17.6. The lowest BCUT2D eigenvalue weighted by Crippen LogP contribution is -2.30. The summed E-state index contributed by atoms with van der Waals surface area (Å²) in [5.41, 5.74) is 5.81. The highest BCUT2D eigenvalue weighted by Gasteiger charge is 2.16. The summed E-state index contributed by atoms with van der Waals surface area (Å²) < 4.78 is 26.4. The van der Waals surface area contributed by atoms with E-state index in [1.165, 1.54) is 24.3 Å². The van der Waals surface area contributed by atoms with Gasteiger partial charge in [-0.1, -0.05) is 0 Å². The molecule has 7 heteroatoms. The maximum absolute atomic E-state index is 12.1. The molecule has 0 aliphatic heterocycles. The monoisotopic (exact) mass is 313 g/mol. The first-order valence-corrected chi connectivity index (χ1v) is 8.53. The van der Waals surface area contributed by atoms with Crippen molar-refractivity contribution in [2.75, 3.05) is 26.2 Å². The number of hydrogen-bond acceptors (Lipinski definition) is 4. The number of rotatable bonds is 8. The van der Waals surface area contributed by atoms with E-state index in [0.29, 0.717) is 38.2 Å². The van der Waals surface area contributed by atoms with Gasteiger partial charge in [0.1, 0.15) is 0 Å². The number of amides is 1. The van der Waals surface area contributed by atoms with Crippen LogP contribution in [-0.2, 0) is 10.0 Å². The molecule has 1 aromatic rings. The maximum atomic E-state index is 12.1. The second kappa shape index (κ2) is 8.11. The van der Waals surface area contributed by atoms with Gasteiger partial charge in [-0.15, -0.1) is 0 Å². The molecular formula is C14H23N3O3S. The molecular weight excluding hydrogens is 290 g/mol. The Balaban J connectivity index is 2.84. The standard InChI is InChI=1S/C14H23N3O3S/c1-3-17(4-2)14(18)12-6-8-13(9-7-12)21(19,20)16-11-5-10-15/h6-9,16H,3-5,10-11,15H2,1-2H3. The van der Waals surface area contributed by atoms with Crippen LogP contribution in [0.2, 0.25) is 0 Å². The van der Waals surface area contributed by atoms with Crippen LogP contribution in [0, 0.1) is 0 Å². The van der Waals surface area contributed by atoms with Crippen LogP contribution >= 0.6 is 0 Å². The molecule has 118 valence electrons. The number of sulfonamides is 1. The van der Waals surface area contributed by atoms with E-state index >= 15 is 0 Å². The Hall–Kier alpha value is -1.44. The number of nitrogens with one attached hydrogen (secondary N) is 1. The van der Waals surface area contributed by atoms with E-state index in [2.05, 4.69) is 4.72 Å². The van der Waals surface area contributed by atoms with Crippen molar-refractivity contribution in [3.05, 3.63) is 29.8 Å². The van der Waals surface area contributed by atoms with E-state index in [4.69, 9.17) is 5.73 Å². The molecule has 0 spiro atoms. The summed E-state index contributed by atoms with van der Waals surface area (Å²) in [6.07, 6.45) is 0.581. The highest BCUT2D eigenvalue weighted by Crippen LogP contribution is 2.12. The second-order valence-electron chi connectivity index (χ2n) is 4.54. The van der Waals surface area contributed by atoms with E-state index in [-0.39, 0.29) is 10.8 Å². The minimum atomic E-state index is -3.54. The molecule has 0 radical (unpaired) electrons. The van der Waals surface area contributed by atoms with Crippen molar-refractivity contribution in [1.82, 2.24) is 9.62 Å². The Kier molecular flexibility index (Phi) is 6.80. The molecule has 1 aromatic carbocycles. The Labute approximate surface area is 126 Å². The lowest BCUT2D eigenvalue weighted by Gasteiger charge is -2.18. The average Bonchev–Trinajstić information content (AvgIpc) is 2.48. The van der Waals surface area contributed by atoms with Crippen molar-refractivity contribution < 1.29 is 13.2 Å². The quantitative estimate of drug-likeness (QED) is 0.694. The molecule has 0 aliphatic rings. The molecule has 1 rings (SSSR count). The molecule has 6 nitrogen and oxygen atoms in total. The Bertz CT molecular complexity index is 551. The molecule has 3 N–H and O–H groups in total. The minimum absolute atomic E-state index is 0.0972. The molecule has 1 amide bonds. The molecule has 0 heterocycles. The fourth-order valence-electron chi connectivity index (χ4n) is 1.86. The van der Waals surface area contributed by atoms with Crippen LogP contribution in [0.5, 0.6) is 0 Å². The molecule has 0 saturated carbocycles. The van der Waals surface area contributed by atoms with Gasteiger partial charge in [0.15, 0.2) is 0 Å². The molecule has 0 atom stereocenters. The number of nitrogens with zero attached hydrogens (tertiary/aromatic N) is 1. The van der Waals surface area contributed by atoms with Gasteiger partial charge in [-0.25, -0.2) is 13.1 Å². The van der Waals surface area contributed by atoms with Gasteiger partial charge >= 0.3 is 0 Å². The third-order valence-electron chi connectivity index (χ3n) is 3.14. The summed E-state index contributed by atoms with van der Waals surface area (Å²) >= 11 is 0. The number of hydrogen-bond donors (Lipinski definition) is 2. The highest BCUT2D eigenvalue weighted by atomic mass is 32.2. The predicted molar refractivity (Wildman–Crippen MR) is 82.6 cm³/mol.